The van der Waals surface area contributed by atoms with Crippen molar-refractivity contribution < 1.29 is 75.6 Å². The standard InChI is InChI=1S/C16H32O3.C15H19NO6.C5H2F6O2/c17-15-13-11-9-7-5-3-1-2-4-6-8-10-12-14-16(18)19;1-2-3-4-5-6-7-14(17)22-13-10-11(15(18)19)8-9-12(13)16(20)21;6-4(7,8)2(1-3(12)13)5(9,10)11/h17H,1-15H2,(H,18,19);8-10H,2-7H2,1H3,(H,18,19);1H,(H,12,13). The number of carbonyl (C=O) groups is 4. The number of benzene rings is 1. The first-order chi connectivity index (χ1) is 25.3. The second kappa shape index (κ2) is 30.1. The molecule has 310 valence electrons. The number of aromatic carboxylic acids is 1. The topological polar surface area (TPSA) is 202 Å². The van der Waals surface area contributed by atoms with E-state index in [4.69, 9.17) is 25.2 Å². The highest BCUT2D eigenvalue weighted by Gasteiger charge is 2.51. The van der Waals surface area contributed by atoms with Crippen LogP contribution in [0, 0.1) is 10.1 Å². The van der Waals surface area contributed by atoms with E-state index in [1.54, 1.807) is 0 Å². The smallest absolute Gasteiger partial charge is 0.421 e. The minimum Gasteiger partial charge on any atom is -0.481 e. The van der Waals surface area contributed by atoms with Gasteiger partial charge in [0.05, 0.1) is 10.5 Å². The lowest BCUT2D eigenvalue weighted by molar-refractivity contribution is -0.385. The summed E-state index contributed by atoms with van der Waals surface area (Å²) in [6, 6.07) is 3.12. The van der Waals surface area contributed by atoms with Crippen LogP contribution in [0.1, 0.15) is 146 Å². The molecule has 0 heterocycles. The predicted octanol–water partition coefficient (Wildman–Crippen LogP) is 10.2. The minimum atomic E-state index is -5.71. The summed E-state index contributed by atoms with van der Waals surface area (Å²) in [5.74, 6) is -5.14. The van der Waals surface area contributed by atoms with Gasteiger partial charge in [-0.2, -0.15) is 26.3 Å². The van der Waals surface area contributed by atoms with Gasteiger partial charge in [0.15, 0.2) is 0 Å². The zero-order chi connectivity index (χ0) is 41.6. The number of hydrogen-bond acceptors (Lipinski definition) is 8. The molecule has 0 bridgehead atoms. The summed E-state index contributed by atoms with van der Waals surface area (Å²) in [5, 5.41) is 44.6. The molecule has 1 aromatic rings. The summed E-state index contributed by atoms with van der Waals surface area (Å²) < 4.78 is 74.1. The number of ether oxygens (including phenoxy) is 1. The van der Waals surface area contributed by atoms with Crippen molar-refractivity contribution in [2.75, 3.05) is 6.61 Å². The van der Waals surface area contributed by atoms with Gasteiger partial charge in [-0.15, -0.1) is 0 Å². The number of alkyl halides is 6. The summed E-state index contributed by atoms with van der Waals surface area (Å²) in [6.07, 6.45) is 8.62. The van der Waals surface area contributed by atoms with Gasteiger partial charge in [-0.1, -0.05) is 103 Å². The van der Waals surface area contributed by atoms with Crippen LogP contribution < -0.4 is 4.74 Å². The third-order valence-corrected chi connectivity index (χ3v) is 7.54. The molecule has 0 aliphatic rings. The van der Waals surface area contributed by atoms with Crippen LogP contribution in [-0.2, 0) is 14.4 Å². The maximum absolute atomic E-state index is 11.7. The molecular formula is C36H53F6NO11. The second-order valence-electron chi connectivity index (χ2n) is 12.2. The van der Waals surface area contributed by atoms with Crippen molar-refractivity contribution in [3.63, 3.8) is 0 Å². The Morgan fingerprint density at radius 3 is 1.48 bits per heavy atom. The largest absolute Gasteiger partial charge is 0.481 e. The number of nitrogens with zero attached hydrogens (tertiary/aromatic N) is 1. The fourth-order valence-corrected chi connectivity index (χ4v) is 4.71. The molecule has 0 aliphatic heterocycles. The quantitative estimate of drug-likeness (QED) is 0.0140. The molecule has 0 atom stereocenters. The van der Waals surface area contributed by atoms with Crippen LogP contribution in [0.25, 0.3) is 0 Å². The molecule has 0 radical (unpaired) electrons. The predicted molar refractivity (Wildman–Crippen MR) is 186 cm³/mol. The number of carbonyl (C=O) groups excluding carboxylic acids is 1. The summed E-state index contributed by atoms with van der Waals surface area (Å²) >= 11 is 0. The van der Waals surface area contributed by atoms with E-state index >= 15 is 0 Å². The van der Waals surface area contributed by atoms with Crippen molar-refractivity contribution in [2.24, 2.45) is 0 Å². The number of unbranched alkanes of at least 4 members (excludes halogenated alkanes) is 16. The van der Waals surface area contributed by atoms with Crippen LogP contribution in [-0.4, -0.2) is 68.2 Å². The summed E-state index contributed by atoms with van der Waals surface area (Å²) in [4.78, 5) is 52.7. The third-order valence-electron chi connectivity index (χ3n) is 7.54. The fourth-order valence-electron chi connectivity index (χ4n) is 4.71. The van der Waals surface area contributed by atoms with Crippen molar-refractivity contribution in [1.29, 1.82) is 0 Å². The highest BCUT2D eigenvalue weighted by atomic mass is 19.4. The van der Waals surface area contributed by atoms with Gasteiger partial charge in [0.1, 0.15) is 5.57 Å². The van der Waals surface area contributed by atoms with Gasteiger partial charge >= 0.3 is 41.9 Å². The number of esters is 1. The lowest BCUT2D eigenvalue weighted by Gasteiger charge is -2.13. The Labute approximate surface area is 310 Å². The molecule has 1 aromatic carbocycles. The molecule has 12 nitrogen and oxygen atoms in total. The third kappa shape index (κ3) is 29.3. The van der Waals surface area contributed by atoms with Crippen LogP contribution in [0.2, 0.25) is 0 Å². The number of nitro benzene ring substituents is 1. The fraction of sp³-hybridized carbons (Fsp3) is 0.667. The number of halogens is 6. The van der Waals surface area contributed by atoms with Gasteiger partial charge in [-0.3, -0.25) is 19.7 Å². The molecule has 18 heteroatoms. The highest BCUT2D eigenvalue weighted by Crippen LogP contribution is 2.38. The normalized spacial score (nSPS) is 11.0. The Morgan fingerprint density at radius 2 is 1.13 bits per heavy atom. The molecular weight excluding hydrogens is 736 g/mol. The average Bonchev–Trinajstić information content (AvgIpc) is 3.06. The Bertz CT molecular complexity index is 1270. The lowest BCUT2D eigenvalue weighted by Crippen LogP contribution is -2.27. The molecule has 0 fully saturated rings. The number of aliphatic hydroxyl groups is 1. The maximum atomic E-state index is 11.7. The number of allylic oxidation sites excluding steroid dienone is 1. The van der Waals surface area contributed by atoms with Crippen molar-refractivity contribution >= 4 is 29.6 Å². The minimum absolute atomic E-state index is 0.151. The molecule has 54 heavy (non-hydrogen) atoms. The zero-order valence-electron chi connectivity index (χ0n) is 30.5. The number of aliphatic carboxylic acids is 2. The van der Waals surface area contributed by atoms with Crippen molar-refractivity contribution in [1.82, 2.24) is 0 Å². The van der Waals surface area contributed by atoms with Crippen molar-refractivity contribution in [3.8, 4) is 5.75 Å². The van der Waals surface area contributed by atoms with Crippen molar-refractivity contribution in [3.05, 3.63) is 45.5 Å². The van der Waals surface area contributed by atoms with Gasteiger partial charge < -0.3 is 25.2 Å². The molecule has 0 saturated heterocycles. The van der Waals surface area contributed by atoms with Crippen LogP contribution in [0.4, 0.5) is 32.0 Å². The highest BCUT2D eigenvalue weighted by molar-refractivity contribution is 5.89. The van der Waals surface area contributed by atoms with Crippen LogP contribution >= 0.6 is 0 Å². The van der Waals surface area contributed by atoms with E-state index in [0.29, 0.717) is 19.4 Å². The van der Waals surface area contributed by atoms with Gasteiger partial charge in [-0.25, -0.2) is 9.59 Å². The van der Waals surface area contributed by atoms with Gasteiger partial charge in [-0.05, 0) is 25.3 Å². The number of carboxylic acid groups (broad SMARTS) is 3. The second-order valence-corrected chi connectivity index (χ2v) is 12.2. The first kappa shape index (κ1) is 51.9. The van der Waals surface area contributed by atoms with E-state index in [2.05, 4.69) is 6.92 Å². The Kier molecular flexibility index (Phi) is 29.0. The monoisotopic (exact) mass is 789 g/mol. The molecule has 0 aliphatic carbocycles. The Balaban J connectivity index is 0. The van der Waals surface area contributed by atoms with E-state index in [1.165, 1.54) is 64.2 Å². The van der Waals surface area contributed by atoms with Crippen LogP contribution in [0.3, 0.4) is 0 Å². The number of hydrogen-bond donors (Lipinski definition) is 4. The molecule has 0 spiro atoms. The molecule has 1 rings (SSSR count). The SMILES string of the molecule is CCCCCCCC(=O)Oc1cc(C(=O)O)ccc1[N+](=O)[O-].O=C(O)C=C(C(F)(F)F)C(F)(F)F.O=C(O)CCCCCCCCCCCCCCCO. The van der Waals surface area contributed by atoms with E-state index < -0.39 is 58.5 Å². The maximum Gasteiger partial charge on any atom is 0.421 e. The average molecular weight is 790 g/mol. The van der Waals surface area contributed by atoms with Crippen LogP contribution in [0.5, 0.6) is 5.75 Å². The Morgan fingerprint density at radius 1 is 0.704 bits per heavy atom. The summed E-state index contributed by atoms with van der Waals surface area (Å²) in [6.45, 7) is 2.43. The van der Waals surface area contributed by atoms with E-state index in [9.17, 15) is 55.6 Å². The molecule has 0 unspecified atom stereocenters. The number of rotatable bonds is 25. The van der Waals surface area contributed by atoms with Gasteiger partial charge in [0.25, 0.3) is 0 Å². The summed E-state index contributed by atoms with van der Waals surface area (Å²) in [7, 11) is 0. The first-order valence-corrected chi connectivity index (χ1v) is 17.9. The van der Waals surface area contributed by atoms with E-state index in [0.717, 1.165) is 63.1 Å². The van der Waals surface area contributed by atoms with Gasteiger partial charge in [0, 0.05) is 37.7 Å². The Hall–Kier alpha value is -4.22. The van der Waals surface area contributed by atoms with E-state index in [1.807, 2.05) is 0 Å². The number of carboxylic acids is 3. The lowest BCUT2D eigenvalue weighted by atomic mass is 10.0. The molecule has 0 amide bonds. The summed E-state index contributed by atoms with van der Waals surface area (Å²) in [5.41, 5.74) is -3.63. The molecule has 0 saturated carbocycles. The van der Waals surface area contributed by atoms with E-state index in [-0.39, 0.29) is 17.7 Å². The number of aliphatic hydroxyl groups excluding tert-OH is 1. The first-order valence-electron chi connectivity index (χ1n) is 17.9. The van der Waals surface area contributed by atoms with Crippen LogP contribution in [0.15, 0.2) is 29.8 Å². The number of nitro groups is 1. The molecule has 4 N–H and O–H groups in total. The molecule has 0 aromatic heterocycles. The van der Waals surface area contributed by atoms with Crippen molar-refractivity contribution in [2.45, 2.75) is 148 Å². The zero-order valence-corrected chi connectivity index (χ0v) is 30.5. The van der Waals surface area contributed by atoms with Gasteiger partial charge in [0.2, 0.25) is 5.75 Å².